The number of hydrogen-bond donors (Lipinski definition) is 1. The number of carbonyl (C=O) groups is 2. The molecule has 2 fully saturated rings. The number of benzene rings is 1. The highest BCUT2D eigenvalue weighted by atomic mass is 35.5. The molecular weight excluding hydrogens is 363 g/mol. The van der Waals surface area contributed by atoms with Crippen molar-refractivity contribution in [3.63, 3.8) is 0 Å². The summed E-state index contributed by atoms with van der Waals surface area (Å²) in [6.07, 6.45) is 1.27. The summed E-state index contributed by atoms with van der Waals surface area (Å²) in [5.41, 5.74) is 0.704. The largest absolute Gasteiger partial charge is 0.469 e. The number of methoxy groups -OCH3 is 1. The lowest BCUT2D eigenvalue weighted by molar-refractivity contribution is -0.141. The summed E-state index contributed by atoms with van der Waals surface area (Å²) in [5, 5.41) is 3.43. The van der Waals surface area contributed by atoms with Gasteiger partial charge in [0.2, 0.25) is 5.91 Å². The van der Waals surface area contributed by atoms with Crippen molar-refractivity contribution in [2.75, 3.05) is 26.8 Å². The number of ether oxygens (including phenoxy) is 2. The average Bonchev–Trinajstić information content (AvgIpc) is 3.23. The maximum atomic E-state index is 13.8. The Bertz CT molecular complexity index is 687. The number of nitrogens with one attached hydrogen (secondary N) is 1. The second kappa shape index (κ2) is 8.33. The molecule has 26 heavy (non-hydrogen) atoms. The molecule has 142 valence electrons. The van der Waals surface area contributed by atoms with Crippen LogP contribution >= 0.6 is 11.6 Å². The van der Waals surface area contributed by atoms with Gasteiger partial charge in [0.05, 0.1) is 30.7 Å². The number of nitrogens with zero attached hydrogens (tertiary/aromatic N) is 1. The van der Waals surface area contributed by atoms with E-state index in [-0.39, 0.29) is 41.5 Å². The van der Waals surface area contributed by atoms with Crippen LogP contribution in [0.4, 0.5) is 4.39 Å². The summed E-state index contributed by atoms with van der Waals surface area (Å²) in [5.74, 6) is -0.839. The first-order valence-electron chi connectivity index (χ1n) is 8.68. The van der Waals surface area contributed by atoms with Gasteiger partial charge in [-0.1, -0.05) is 17.7 Å². The van der Waals surface area contributed by atoms with Crippen molar-refractivity contribution in [2.24, 2.45) is 0 Å². The zero-order valence-electron chi connectivity index (χ0n) is 14.5. The van der Waals surface area contributed by atoms with Crippen molar-refractivity contribution in [2.45, 2.75) is 37.5 Å². The number of halogens is 2. The van der Waals surface area contributed by atoms with Gasteiger partial charge in [-0.2, -0.15) is 0 Å². The predicted molar refractivity (Wildman–Crippen MR) is 93.3 cm³/mol. The summed E-state index contributed by atoms with van der Waals surface area (Å²) in [7, 11) is 1.33. The predicted octanol–water partition coefficient (Wildman–Crippen LogP) is 2.06. The molecule has 3 rings (SSSR count). The van der Waals surface area contributed by atoms with Crippen LogP contribution in [0.15, 0.2) is 18.2 Å². The highest BCUT2D eigenvalue weighted by Crippen LogP contribution is 2.32. The number of esters is 1. The lowest BCUT2D eigenvalue weighted by atomic mass is 10.0. The number of likely N-dealkylation sites (tertiary alicyclic amines) is 1. The van der Waals surface area contributed by atoms with Crippen molar-refractivity contribution >= 4 is 23.5 Å². The minimum atomic E-state index is -0.482. The molecule has 2 aliphatic rings. The Kier molecular flexibility index (Phi) is 6.11. The van der Waals surface area contributed by atoms with Crippen LogP contribution < -0.4 is 5.32 Å². The molecule has 2 heterocycles. The van der Waals surface area contributed by atoms with Crippen LogP contribution in [-0.4, -0.2) is 55.7 Å². The monoisotopic (exact) mass is 384 g/mol. The molecule has 2 aliphatic heterocycles. The van der Waals surface area contributed by atoms with Crippen molar-refractivity contribution in [1.29, 1.82) is 0 Å². The van der Waals surface area contributed by atoms with Gasteiger partial charge in [-0.3, -0.25) is 14.9 Å². The first kappa shape index (κ1) is 19.1. The van der Waals surface area contributed by atoms with Crippen LogP contribution in [0.1, 0.15) is 30.9 Å². The van der Waals surface area contributed by atoms with E-state index in [1.54, 1.807) is 11.0 Å². The zero-order chi connectivity index (χ0) is 18.7. The van der Waals surface area contributed by atoms with Gasteiger partial charge in [-0.15, -0.1) is 0 Å². The first-order valence-corrected chi connectivity index (χ1v) is 9.05. The van der Waals surface area contributed by atoms with Gasteiger partial charge in [0.25, 0.3) is 0 Å². The van der Waals surface area contributed by atoms with E-state index in [0.717, 1.165) is 6.42 Å². The molecule has 2 saturated heterocycles. The third-order valence-electron chi connectivity index (χ3n) is 4.89. The van der Waals surface area contributed by atoms with E-state index in [2.05, 4.69) is 10.1 Å². The number of rotatable bonds is 6. The molecule has 0 saturated carbocycles. The molecule has 0 aliphatic carbocycles. The second-order valence-corrected chi connectivity index (χ2v) is 6.93. The van der Waals surface area contributed by atoms with Crippen LogP contribution in [0.25, 0.3) is 0 Å². The van der Waals surface area contributed by atoms with Gasteiger partial charge in [-0.05, 0) is 30.5 Å². The Balaban J connectivity index is 1.60. The number of hydrogen-bond acceptors (Lipinski definition) is 5. The Labute approximate surface area is 156 Å². The highest BCUT2D eigenvalue weighted by Gasteiger charge is 2.37. The van der Waals surface area contributed by atoms with Gasteiger partial charge in [0.1, 0.15) is 5.82 Å². The van der Waals surface area contributed by atoms with Crippen molar-refractivity contribution < 1.29 is 23.5 Å². The van der Waals surface area contributed by atoms with Gasteiger partial charge in [0.15, 0.2) is 0 Å². The molecule has 0 spiro atoms. The SMILES string of the molecule is COC(=O)CCN1CCC(N[C@@H]2CCO[C@H]2c2ccc(Cl)c(F)c2)C1=O. The van der Waals surface area contributed by atoms with Gasteiger partial charge in [0, 0.05) is 25.7 Å². The highest BCUT2D eigenvalue weighted by molar-refractivity contribution is 6.30. The van der Waals surface area contributed by atoms with Crippen molar-refractivity contribution in [3.05, 3.63) is 34.6 Å². The third kappa shape index (κ3) is 4.16. The van der Waals surface area contributed by atoms with Crippen LogP contribution in [0.3, 0.4) is 0 Å². The summed E-state index contributed by atoms with van der Waals surface area (Å²) in [6, 6.07) is 4.24. The summed E-state index contributed by atoms with van der Waals surface area (Å²) < 4.78 is 24.1. The first-order chi connectivity index (χ1) is 12.5. The smallest absolute Gasteiger partial charge is 0.307 e. The van der Waals surface area contributed by atoms with E-state index in [1.165, 1.54) is 19.2 Å². The van der Waals surface area contributed by atoms with E-state index in [0.29, 0.717) is 31.7 Å². The van der Waals surface area contributed by atoms with Gasteiger partial charge in [-0.25, -0.2) is 4.39 Å². The molecule has 6 nitrogen and oxygen atoms in total. The van der Waals surface area contributed by atoms with Crippen LogP contribution in [-0.2, 0) is 19.1 Å². The molecule has 1 amide bonds. The molecule has 1 aromatic carbocycles. The molecule has 1 aromatic rings. The van der Waals surface area contributed by atoms with Crippen LogP contribution in [0, 0.1) is 5.82 Å². The quantitative estimate of drug-likeness (QED) is 0.760. The molecule has 0 bridgehead atoms. The molecular formula is C18H22ClFN2O4. The molecule has 0 aromatic heterocycles. The topological polar surface area (TPSA) is 67.9 Å². The minimum absolute atomic E-state index is 0.0261. The number of amides is 1. The molecule has 8 heteroatoms. The second-order valence-electron chi connectivity index (χ2n) is 6.52. The Morgan fingerprint density at radius 3 is 3.00 bits per heavy atom. The summed E-state index contributed by atoms with van der Waals surface area (Å²) >= 11 is 5.74. The zero-order valence-corrected chi connectivity index (χ0v) is 15.3. The maximum absolute atomic E-state index is 13.8. The van der Waals surface area contributed by atoms with Crippen molar-refractivity contribution in [1.82, 2.24) is 10.2 Å². The van der Waals surface area contributed by atoms with Crippen LogP contribution in [0.5, 0.6) is 0 Å². The molecule has 3 atom stereocenters. The van der Waals surface area contributed by atoms with E-state index in [4.69, 9.17) is 16.3 Å². The lowest BCUT2D eigenvalue weighted by Gasteiger charge is -2.24. The van der Waals surface area contributed by atoms with Crippen molar-refractivity contribution in [3.8, 4) is 0 Å². The molecule has 0 radical (unpaired) electrons. The normalized spacial score (nSPS) is 25.7. The van der Waals surface area contributed by atoms with E-state index in [9.17, 15) is 14.0 Å². The third-order valence-corrected chi connectivity index (χ3v) is 5.20. The molecule has 1 N–H and O–H groups in total. The lowest BCUT2D eigenvalue weighted by Crippen LogP contribution is -2.45. The van der Waals surface area contributed by atoms with Gasteiger partial charge < -0.3 is 14.4 Å². The molecule has 1 unspecified atom stereocenters. The van der Waals surface area contributed by atoms with E-state index in [1.807, 2.05) is 0 Å². The number of carbonyl (C=O) groups excluding carboxylic acids is 2. The Hall–Kier alpha value is -1.70. The Morgan fingerprint density at radius 2 is 2.27 bits per heavy atom. The fraction of sp³-hybridized carbons (Fsp3) is 0.556. The Morgan fingerprint density at radius 1 is 1.46 bits per heavy atom. The van der Waals surface area contributed by atoms with E-state index < -0.39 is 5.82 Å². The standard InChI is InChI=1S/C18H22ClFN2O4/c1-25-16(23)5-8-22-7-4-15(18(22)24)21-14-6-9-26-17(14)11-2-3-12(19)13(20)10-11/h2-3,10,14-15,17,21H,4-9H2,1H3/t14-,15?,17+/m1/s1. The average molecular weight is 385 g/mol. The van der Waals surface area contributed by atoms with Gasteiger partial charge >= 0.3 is 5.97 Å². The summed E-state index contributed by atoms with van der Waals surface area (Å²) in [6.45, 7) is 1.50. The van der Waals surface area contributed by atoms with Crippen LogP contribution in [0.2, 0.25) is 5.02 Å². The maximum Gasteiger partial charge on any atom is 0.307 e. The fourth-order valence-corrected chi connectivity index (χ4v) is 3.60. The minimum Gasteiger partial charge on any atom is -0.469 e. The fourth-order valence-electron chi connectivity index (χ4n) is 3.48. The summed E-state index contributed by atoms with van der Waals surface area (Å²) in [4.78, 5) is 25.5. The van der Waals surface area contributed by atoms with E-state index >= 15 is 0 Å².